The highest BCUT2D eigenvalue weighted by molar-refractivity contribution is 5.76. The molecular formula is C17H26O2. The number of ether oxygens (including phenoxy) is 1. The summed E-state index contributed by atoms with van der Waals surface area (Å²) in [7, 11) is 0. The van der Waals surface area contributed by atoms with Crippen molar-refractivity contribution in [1.82, 2.24) is 0 Å². The molecule has 19 heavy (non-hydrogen) atoms. The van der Waals surface area contributed by atoms with Gasteiger partial charge in [0.05, 0.1) is 5.92 Å². The first-order valence-corrected chi connectivity index (χ1v) is 6.86. The molecular weight excluding hydrogens is 236 g/mol. The lowest BCUT2D eigenvalue weighted by molar-refractivity contribution is -0.144. The molecule has 1 unspecified atom stereocenters. The number of hydrogen-bond acceptors (Lipinski definition) is 2. The van der Waals surface area contributed by atoms with Crippen molar-refractivity contribution in [2.45, 2.75) is 48.0 Å². The molecule has 1 aromatic rings. The van der Waals surface area contributed by atoms with Gasteiger partial charge in [-0.1, -0.05) is 59.7 Å². The van der Waals surface area contributed by atoms with Crippen molar-refractivity contribution in [2.75, 3.05) is 0 Å². The van der Waals surface area contributed by atoms with Gasteiger partial charge in [-0.3, -0.25) is 4.79 Å². The SMILES string of the molecule is CC(C)(C)CC(C(=O)Oc1ccccc1)C(C)(C)C. The van der Waals surface area contributed by atoms with Crippen LogP contribution < -0.4 is 4.74 Å². The van der Waals surface area contributed by atoms with Gasteiger partial charge in [-0.05, 0) is 29.4 Å². The monoisotopic (exact) mass is 262 g/mol. The predicted octanol–water partition coefficient (Wildman–Crippen LogP) is 4.69. The first kappa shape index (κ1) is 15.7. The van der Waals surface area contributed by atoms with Gasteiger partial charge >= 0.3 is 5.97 Å². The largest absolute Gasteiger partial charge is 0.426 e. The molecule has 2 heteroatoms. The molecule has 0 saturated heterocycles. The molecule has 0 fully saturated rings. The Hall–Kier alpha value is -1.31. The van der Waals surface area contributed by atoms with E-state index in [9.17, 15) is 4.79 Å². The minimum atomic E-state index is -0.131. The molecule has 0 aliphatic heterocycles. The zero-order valence-corrected chi connectivity index (χ0v) is 13.0. The molecule has 106 valence electrons. The Balaban J connectivity index is 2.84. The Bertz CT molecular complexity index is 407. The van der Waals surface area contributed by atoms with E-state index in [-0.39, 0.29) is 22.7 Å². The number of carbonyl (C=O) groups is 1. The van der Waals surface area contributed by atoms with E-state index >= 15 is 0 Å². The van der Waals surface area contributed by atoms with Crippen LogP contribution in [0.3, 0.4) is 0 Å². The first-order chi connectivity index (χ1) is 8.59. The highest BCUT2D eigenvalue weighted by Crippen LogP contribution is 2.36. The highest BCUT2D eigenvalue weighted by Gasteiger charge is 2.36. The van der Waals surface area contributed by atoms with E-state index in [1.54, 1.807) is 0 Å². The number of carbonyl (C=O) groups excluding carboxylic acids is 1. The summed E-state index contributed by atoms with van der Waals surface area (Å²) in [5.41, 5.74) is 0.00674. The van der Waals surface area contributed by atoms with Crippen LogP contribution in [0.4, 0.5) is 0 Å². The average molecular weight is 262 g/mol. The molecule has 1 aromatic carbocycles. The molecule has 0 radical (unpaired) electrons. The molecule has 0 amide bonds. The Kier molecular flexibility index (Phi) is 4.78. The second-order valence-corrected chi connectivity index (χ2v) is 7.42. The van der Waals surface area contributed by atoms with Gasteiger partial charge in [0.1, 0.15) is 5.75 Å². The molecule has 0 bridgehead atoms. The summed E-state index contributed by atoms with van der Waals surface area (Å²) in [6.07, 6.45) is 0.822. The molecule has 0 aliphatic carbocycles. The summed E-state index contributed by atoms with van der Waals surface area (Å²) >= 11 is 0. The van der Waals surface area contributed by atoms with E-state index in [2.05, 4.69) is 41.5 Å². The molecule has 0 saturated carbocycles. The van der Waals surface area contributed by atoms with Gasteiger partial charge in [0.2, 0.25) is 0 Å². The summed E-state index contributed by atoms with van der Waals surface area (Å²) < 4.78 is 5.51. The Labute approximate surface area is 117 Å². The smallest absolute Gasteiger partial charge is 0.314 e. The summed E-state index contributed by atoms with van der Waals surface area (Å²) in [4.78, 5) is 12.4. The van der Waals surface area contributed by atoms with E-state index < -0.39 is 0 Å². The van der Waals surface area contributed by atoms with Crippen LogP contribution in [0, 0.1) is 16.7 Å². The summed E-state index contributed by atoms with van der Waals surface area (Å²) in [5.74, 6) is 0.386. The van der Waals surface area contributed by atoms with Gasteiger partial charge in [0.15, 0.2) is 0 Å². The summed E-state index contributed by atoms with van der Waals surface area (Å²) in [6, 6.07) is 9.29. The zero-order valence-electron chi connectivity index (χ0n) is 13.0. The number of para-hydroxylation sites is 1. The van der Waals surface area contributed by atoms with E-state index in [0.29, 0.717) is 5.75 Å². The number of hydrogen-bond donors (Lipinski definition) is 0. The average Bonchev–Trinajstić information content (AvgIpc) is 2.24. The predicted molar refractivity (Wildman–Crippen MR) is 79.1 cm³/mol. The normalized spacial score (nSPS) is 14.0. The van der Waals surface area contributed by atoms with Gasteiger partial charge in [-0.15, -0.1) is 0 Å². The van der Waals surface area contributed by atoms with E-state index in [1.165, 1.54) is 0 Å². The third kappa shape index (κ3) is 5.46. The molecule has 0 heterocycles. The Morgan fingerprint density at radius 2 is 1.58 bits per heavy atom. The minimum Gasteiger partial charge on any atom is -0.426 e. The van der Waals surface area contributed by atoms with Crippen molar-refractivity contribution in [3.05, 3.63) is 30.3 Å². The lowest BCUT2D eigenvalue weighted by Gasteiger charge is -2.33. The van der Waals surface area contributed by atoms with Crippen LogP contribution >= 0.6 is 0 Å². The molecule has 2 nitrogen and oxygen atoms in total. The molecule has 0 aliphatic rings. The maximum absolute atomic E-state index is 12.4. The fourth-order valence-electron chi connectivity index (χ4n) is 2.03. The van der Waals surface area contributed by atoms with Gasteiger partial charge in [0, 0.05) is 0 Å². The van der Waals surface area contributed by atoms with Crippen LogP contribution in [-0.4, -0.2) is 5.97 Å². The van der Waals surface area contributed by atoms with Crippen molar-refractivity contribution < 1.29 is 9.53 Å². The zero-order chi connectivity index (χ0) is 14.7. The fraction of sp³-hybridized carbons (Fsp3) is 0.588. The lowest BCUT2D eigenvalue weighted by Crippen LogP contribution is -2.35. The third-order valence-electron chi connectivity index (χ3n) is 3.11. The Morgan fingerprint density at radius 1 is 1.05 bits per heavy atom. The first-order valence-electron chi connectivity index (χ1n) is 6.86. The van der Waals surface area contributed by atoms with Crippen LogP contribution in [0.5, 0.6) is 5.75 Å². The topological polar surface area (TPSA) is 26.3 Å². The van der Waals surface area contributed by atoms with E-state index in [1.807, 2.05) is 30.3 Å². The number of rotatable bonds is 3. The minimum absolute atomic E-state index is 0.0981. The van der Waals surface area contributed by atoms with Gasteiger partial charge in [-0.2, -0.15) is 0 Å². The molecule has 0 aromatic heterocycles. The van der Waals surface area contributed by atoms with Gasteiger partial charge < -0.3 is 4.74 Å². The molecule has 0 spiro atoms. The second kappa shape index (κ2) is 5.77. The number of benzene rings is 1. The fourth-order valence-corrected chi connectivity index (χ4v) is 2.03. The maximum atomic E-state index is 12.4. The van der Waals surface area contributed by atoms with Crippen molar-refractivity contribution >= 4 is 5.97 Å². The van der Waals surface area contributed by atoms with Crippen LogP contribution in [-0.2, 0) is 4.79 Å². The van der Waals surface area contributed by atoms with Crippen LogP contribution in [0.2, 0.25) is 0 Å². The van der Waals surface area contributed by atoms with Gasteiger partial charge in [-0.25, -0.2) is 0 Å². The molecule has 0 N–H and O–H groups in total. The lowest BCUT2D eigenvalue weighted by atomic mass is 9.72. The van der Waals surface area contributed by atoms with Crippen molar-refractivity contribution in [3.8, 4) is 5.75 Å². The third-order valence-corrected chi connectivity index (χ3v) is 3.11. The standard InChI is InChI=1S/C17H26O2/c1-16(2,3)12-14(17(4,5)6)15(18)19-13-10-8-7-9-11-13/h7-11,14H,12H2,1-6H3. The maximum Gasteiger partial charge on any atom is 0.314 e. The van der Waals surface area contributed by atoms with E-state index in [4.69, 9.17) is 4.74 Å². The summed E-state index contributed by atoms with van der Waals surface area (Å²) in [6.45, 7) is 12.7. The summed E-state index contributed by atoms with van der Waals surface area (Å²) in [5, 5.41) is 0. The van der Waals surface area contributed by atoms with Crippen molar-refractivity contribution in [2.24, 2.45) is 16.7 Å². The van der Waals surface area contributed by atoms with Gasteiger partial charge in [0.25, 0.3) is 0 Å². The molecule has 1 atom stereocenters. The van der Waals surface area contributed by atoms with Crippen LogP contribution in [0.1, 0.15) is 48.0 Å². The molecule has 1 rings (SSSR count). The van der Waals surface area contributed by atoms with Crippen molar-refractivity contribution in [1.29, 1.82) is 0 Å². The number of esters is 1. The van der Waals surface area contributed by atoms with Crippen molar-refractivity contribution in [3.63, 3.8) is 0 Å². The van der Waals surface area contributed by atoms with Crippen LogP contribution in [0.15, 0.2) is 30.3 Å². The van der Waals surface area contributed by atoms with E-state index in [0.717, 1.165) is 6.42 Å². The Morgan fingerprint density at radius 3 is 2.00 bits per heavy atom. The highest BCUT2D eigenvalue weighted by atomic mass is 16.5. The van der Waals surface area contributed by atoms with Crippen LogP contribution in [0.25, 0.3) is 0 Å². The second-order valence-electron chi connectivity index (χ2n) is 7.42. The quantitative estimate of drug-likeness (QED) is 0.583.